The Morgan fingerprint density at radius 2 is 2.12 bits per heavy atom. The van der Waals surface area contributed by atoms with Gasteiger partial charge in [-0.25, -0.2) is 8.42 Å². The van der Waals surface area contributed by atoms with Crippen LogP contribution in [0.25, 0.3) is 0 Å². The molecule has 17 heavy (non-hydrogen) atoms. The summed E-state index contributed by atoms with van der Waals surface area (Å²) in [6.45, 7) is 0.668. The molecule has 1 aromatic rings. The molecule has 0 atom stereocenters. The van der Waals surface area contributed by atoms with Gasteiger partial charge in [-0.2, -0.15) is 0 Å². The maximum Gasteiger partial charge on any atom is 0.232 e. The van der Waals surface area contributed by atoms with E-state index < -0.39 is 10.0 Å². The fourth-order valence-corrected chi connectivity index (χ4v) is 3.33. The average Bonchev–Trinajstić information content (AvgIpc) is 2.22. The van der Waals surface area contributed by atoms with Gasteiger partial charge >= 0.3 is 0 Å². The highest BCUT2D eigenvalue weighted by molar-refractivity contribution is 14.1. The highest BCUT2D eigenvalue weighted by Gasteiger charge is 2.11. The van der Waals surface area contributed by atoms with E-state index in [1.807, 2.05) is 0 Å². The van der Waals surface area contributed by atoms with Crippen LogP contribution in [0, 0.1) is 3.57 Å². The molecule has 0 amide bonds. The Hall–Kier alpha value is -0.0500. The largest absolute Gasteiger partial charge is 0.320 e. The standard InChI is InChI=1S/C10H14ClIN2O2S/c1-13-5-2-6-17(15,16)14-10-4-3-8(12)7-9(10)11/h3-4,7,13-14H,2,5-6H2,1H3. The third kappa shape index (κ3) is 5.41. The molecule has 7 heteroatoms. The quantitative estimate of drug-likeness (QED) is 0.581. The molecule has 0 radical (unpaired) electrons. The Morgan fingerprint density at radius 1 is 1.41 bits per heavy atom. The second-order valence-electron chi connectivity index (χ2n) is 3.50. The van der Waals surface area contributed by atoms with Gasteiger partial charge in [0.2, 0.25) is 10.0 Å². The molecule has 0 heterocycles. The predicted molar refractivity (Wildman–Crippen MR) is 80.1 cm³/mol. The van der Waals surface area contributed by atoms with E-state index in [-0.39, 0.29) is 5.75 Å². The average molecular weight is 389 g/mol. The number of anilines is 1. The van der Waals surface area contributed by atoms with Gasteiger partial charge in [-0.1, -0.05) is 11.6 Å². The van der Waals surface area contributed by atoms with E-state index in [1.54, 1.807) is 25.2 Å². The lowest BCUT2D eigenvalue weighted by atomic mass is 10.3. The van der Waals surface area contributed by atoms with Crippen molar-refractivity contribution in [1.82, 2.24) is 5.32 Å². The molecule has 0 aliphatic rings. The number of sulfonamides is 1. The van der Waals surface area contributed by atoms with E-state index in [2.05, 4.69) is 32.6 Å². The van der Waals surface area contributed by atoms with Crippen molar-refractivity contribution in [3.63, 3.8) is 0 Å². The number of rotatable bonds is 6. The molecule has 0 unspecified atom stereocenters. The Kier molecular flexibility index (Phi) is 5.98. The van der Waals surface area contributed by atoms with Gasteiger partial charge in [0, 0.05) is 3.57 Å². The van der Waals surface area contributed by atoms with Crippen LogP contribution >= 0.6 is 34.2 Å². The van der Waals surface area contributed by atoms with Gasteiger partial charge < -0.3 is 5.32 Å². The zero-order valence-corrected chi connectivity index (χ0v) is 13.1. The van der Waals surface area contributed by atoms with Gasteiger partial charge in [0.05, 0.1) is 16.5 Å². The van der Waals surface area contributed by atoms with Crippen molar-refractivity contribution in [2.45, 2.75) is 6.42 Å². The second kappa shape index (κ2) is 6.77. The maximum atomic E-state index is 11.7. The summed E-state index contributed by atoms with van der Waals surface area (Å²) in [5, 5.41) is 3.31. The number of nitrogens with one attached hydrogen (secondary N) is 2. The van der Waals surface area contributed by atoms with E-state index >= 15 is 0 Å². The van der Waals surface area contributed by atoms with Gasteiger partial charge in [-0.3, -0.25) is 4.72 Å². The lowest BCUT2D eigenvalue weighted by Crippen LogP contribution is -2.20. The van der Waals surface area contributed by atoms with Crippen LogP contribution in [0.3, 0.4) is 0 Å². The minimum absolute atomic E-state index is 0.0795. The van der Waals surface area contributed by atoms with E-state index in [1.165, 1.54) is 0 Å². The van der Waals surface area contributed by atoms with E-state index in [0.29, 0.717) is 23.7 Å². The second-order valence-corrected chi connectivity index (χ2v) is 7.00. The minimum atomic E-state index is -3.32. The van der Waals surface area contributed by atoms with Crippen LogP contribution in [0.2, 0.25) is 5.02 Å². The molecule has 0 bridgehead atoms. The molecule has 0 aromatic heterocycles. The molecule has 2 N–H and O–H groups in total. The van der Waals surface area contributed by atoms with Crippen LogP contribution < -0.4 is 10.0 Å². The van der Waals surface area contributed by atoms with Crippen LogP contribution in [-0.4, -0.2) is 27.8 Å². The van der Waals surface area contributed by atoms with Gasteiger partial charge in [-0.05, 0) is 60.8 Å². The van der Waals surface area contributed by atoms with E-state index in [9.17, 15) is 8.42 Å². The molecule has 0 aliphatic heterocycles. The van der Waals surface area contributed by atoms with Gasteiger partial charge in [-0.15, -0.1) is 0 Å². The van der Waals surface area contributed by atoms with Gasteiger partial charge in [0.15, 0.2) is 0 Å². The minimum Gasteiger partial charge on any atom is -0.320 e. The maximum absolute atomic E-state index is 11.7. The molecule has 1 aromatic carbocycles. The highest BCUT2D eigenvalue weighted by Crippen LogP contribution is 2.24. The zero-order valence-electron chi connectivity index (χ0n) is 9.33. The SMILES string of the molecule is CNCCCS(=O)(=O)Nc1ccc(I)cc1Cl. The van der Waals surface area contributed by atoms with Crippen LogP contribution in [0.1, 0.15) is 6.42 Å². The van der Waals surface area contributed by atoms with Crippen molar-refractivity contribution in [1.29, 1.82) is 0 Å². The number of benzene rings is 1. The summed E-state index contributed by atoms with van der Waals surface area (Å²) in [7, 11) is -1.53. The Morgan fingerprint density at radius 3 is 2.71 bits per heavy atom. The molecule has 0 fully saturated rings. The third-order valence-corrected chi connectivity index (χ3v) is 4.38. The van der Waals surface area contributed by atoms with Crippen molar-refractivity contribution in [3.05, 3.63) is 26.8 Å². The fourth-order valence-electron chi connectivity index (χ4n) is 1.23. The summed E-state index contributed by atoms with van der Waals surface area (Å²) < 4.78 is 26.9. The lowest BCUT2D eigenvalue weighted by molar-refractivity contribution is 0.597. The monoisotopic (exact) mass is 388 g/mol. The first-order valence-corrected chi connectivity index (χ1v) is 8.15. The Labute approximate surface area is 120 Å². The number of halogens is 2. The van der Waals surface area contributed by atoms with Gasteiger partial charge in [0.1, 0.15) is 0 Å². The molecule has 4 nitrogen and oxygen atoms in total. The molecule has 0 saturated carbocycles. The Balaban J connectivity index is 2.69. The van der Waals surface area contributed by atoms with Crippen molar-refractivity contribution in [3.8, 4) is 0 Å². The molecule has 96 valence electrons. The summed E-state index contributed by atoms with van der Waals surface area (Å²) in [6, 6.07) is 5.19. The number of hydrogen-bond acceptors (Lipinski definition) is 3. The van der Waals surface area contributed by atoms with Crippen molar-refractivity contribution >= 4 is 49.9 Å². The summed E-state index contributed by atoms with van der Waals surface area (Å²) >= 11 is 8.07. The van der Waals surface area contributed by atoms with Crippen LogP contribution in [0.4, 0.5) is 5.69 Å². The zero-order chi connectivity index (χ0) is 12.9. The van der Waals surface area contributed by atoms with Crippen LogP contribution in [0.5, 0.6) is 0 Å². The smallest absolute Gasteiger partial charge is 0.232 e. The first-order chi connectivity index (χ1) is 7.94. The molecule has 0 spiro atoms. The molecule has 0 aliphatic carbocycles. The first-order valence-electron chi connectivity index (χ1n) is 5.05. The van der Waals surface area contributed by atoms with Crippen LogP contribution in [-0.2, 0) is 10.0 Å². The first kappa shape index (κ1) is 15.0. The van der Waals surface area contributed by atoms with Crippen molar-refractivity contribution < 1.29 is 8.42 Å². The van der Waals surface area contributed by atoms with Crippen LogP contribution in [0.15, 0.2) is 18.2 Å². The molecular weight excluding hydrogens is 375 g/mol. The fraction of sp³-hybridized carbons (Fsp3) is 0.400. The summed E-state index contributed by atoms with van der Waals surface area (Å²) in [6.07, 6.45) is 0.563. The summed E-state index contributed by atoms with van der Waals surface area (Å²) in [5.74, 6) is 0.0795. The number of hydrogen-bond donors (Lipinski definition) is 2. The lowest BCUT2D eigenvalue weighted by Gasteiger charge is -2.09. The summed E-state index contributed by atoms with van der Waals surface area (Å²) in [4.78, 5) is 0. The summed E-state index contributed by atoms with van der Waals surface area (Å²) in [5.41, 5.74) is 0.427. The highest BCUT2D eigenvalue weighted by atomic mass is 127. The molecular formula is C10H14ClIN2O2S. The predicted octanol–water partition coefficient (Wildman–Crippen LogP) is 2.30. The molecule has 0 saturated heterocycles. The Bertz CT molecular complexity index is 479. The van der Waals surface area contributed by atoms with Crippen molar-refractivity contribution in [2.24, 2.45) is 0 Å². The van der Waals surface area contributed by atoms with Crippen molar-refractivity contribution in [2.75, 3.05) is 24.1 Å². The van der Waals surface area contributed by atoms with E-state index in [4.69, 9.17) is 11.6 Å². The third-order valence-electron chi connectivity index (χ3n) is 2.04. The van der Waals surface area contributed by atoms with Gasteiger partial charge in [0.25, 0.3) is 0 Å². The van der Waals surface area contributed by atoms with E-state index in [0.717, 1.165) is 3.57 Å². The normalized spacial score (nSPS) is 11.5. The topological polar surface area (TPSA) is 58.2 Å². The molecule has 1 rings (SSSR count).